The van der Waals surface area contributed by atoms with Gasteiger partial charge >= 0.3 is 0 Å². The first-order valence-corrected chi connectivity index (χ1v) is 12.3. The zero-order chi connectivity index (χ0) is 23.3. The molecule has 1 N–H and O–H groups in total. The summed E-state index contributed by atoms with van der Waals surface area (Å²) < 4.78 is 2.21. The van der Waals surface area contributed by atoms with Crippen molar-refractivity contribution in [1.29, 1.82) is 0 Å². The van der Waals surface area contributed by atoms with Crippen LogP contribution in [0.15, 0.2) is 72.9 Å². The fourth-order valence-electron chi connectivity index (χ4n) is 4.97. The van der Waals surface area contributed by atoms with Crippen molar-refractivity contribution in [3.8, 4) is 0 Å². The molecule has 1 fully saturated rings. The Bertz CT molecular complexity index is 1240. The summed E-state index contributed by atoms with van der Waals surface area (Å²) in [5.74, 6) is 1.30. The molecule has 176 valence electrons. The summed E-state index contributed by atoms with van der Waals surface area (Å²) in [7, 11) is 2.13. The highest BCUT2D eigenvalue weighted by molar-refractivity contribution is 5.85. The second-order valence-corrected chi connectivity index (χ2v) is 9.32. The Morgan fingerprint density at radius 2 is 1.74 bits per heavy atom. The van der Waals surface area contributed by atoms with Gasteiger partial charge in [-0.2, -0.15) is 0 Å². The summed E-state index contributed by atoms with van der Waals surface area (Å²) in [6.45, 7) is 4.34. The average molecular weight is 456 g/mol. The lowest BCUT2D eigenvalue weighted by molar-refractivity contribution is -0.125. The van der Waals surface area contributed by atoms with Crippen LogP contribution in [0.4, 0.5) is 5.82 Å². The van der Waals surface area contributed by atoms with Crippen LogP contribution in [0.5, 0.6) is 0 Å². The maximum absolute atomic E-state index is 12.8. The third-order valence-electron chi connectivity index (χ3n) is 6.82. The van der Waals surface area contributed by atoms with Crippen LogP contribution in [-0.4, -0.2) is 53.4 Å². The molecule has 1 amide bonds. The molecule has 1 saturated heterocycles. The lowest BCUT2D eigenvalue weighted by Gasteiger charge is -2.32. The van der Waals surface area contributed by atoms with E-state index in [4.69, 9.17) is 4.98 Å². The Labute approximate surface area is 201 Å². The number of carbonyl (C=O) groups excluding carboxylic acids is 1. The summed E-state index contributed by atoms with van der Waals surface area (Å²) >= 11 is 0. The first-order chi connectivity index (χ1) is 16.7. The van der Waals surface area contributed by atoms with Crippen molar-refractivity contribution < 1.29 is 4.79 Å². The van der Waals surface area contributed by atoms with Gasteiger partial charge in [0.25, 0.3) is 0 Å². The molecule has 6 heteroatoms. The largest absolute Gasteiger partial charge is 0.356 e. The van der Waals surface area contributed by atoms with E-state index in [9.17, 15) is 4.79 Å². The molecular weight excluding hydrogens is 422 g/mol. The van der Waals surface area contributed by atoms with Crippen molar-refractivity contribution in [3.05, 3.63) is 78.5 Å². The van der Waals surface area contributed by atoms with E-state index in [1.54, 1.807) is 0 Å². The van der Waals surface area contributed by atoms with Gasteiger partial charge < -0.3 is 19.5 Å². The predicted octanol–water partition coefficient (Wildman–Crippen LogP) is 4.34. The number of anilines is 1. The summed E-state index contributed by atoms with van der Waals surface area (Å²) in [4.78, 5) is 22.4. The summed E-state index contributed by atoms with van der Waals surface area (Å²) in [6, 6.07) is 23.0. The molecule has 0 unspecified atom stereocenters. The van der Waals surface area contributed by atoms with Crippen LogP contribution in [0.1, 0.15) is 24.8 Å². The number of nitrogens with one attached hydrogen (secondary N) is 1. The Kier molecular flexibility index (Phi) is 6.77. The molecule has 0 atom stereocenters. The number of nitrogens with zero attached hydrogens (tertiary/aromatic N) is 4. The molecule has 1 aliphatic heterocycles. The van der Waals surface area contributed by atoms with Gasteiger partial charge in [0, 0.05) is 38.3 Å². The number of carbonyl (C=O) groups is 1. The lowest BCUT2D eigenvalue weighted by Crippen LogP contribution is -2.41. The molecule has 2 aromatic carbocycles. The van der Waals surface area contributed by atoms with Crippen LogP contribution in [0, 0.1) is 5.92 Å². The number of fused-ring (bicyclic) bond motifs is 3. The average Bonchev–Trinajstić information content (AvgIpc) is 3.37. The molecule has 5 rings (SSSR count). The smallest absolute Gasteiger partial charge is 0.223 e. The van der Waals surface area contributed by atoms with Crippen LogP contribution in [-0.2, 0) is 11.3 Å². The number of hydrogen-bond donors (Lipinski definition) is 1. The molecule has 0 bridgehead atoms. The molecule has 2 aromatic heterocycles. The Hall–Kier alpha value is -3.38. The minimum atomic E-state index is 0.0848. The zero-order valence-electron chi connectivity index (χ0n) is 19.9. The number of para-hydroxylation sites is 2. The molecule has 4 aromatic rings. The monoisotopic (exact) mass is 455 g/mol. The number of rotatable bonds is 8. The third kappa shape index (κ3) is 4.92. The van der Waals surface area contributed by atoms with Crippen LogP contribution in [0.25, 0.3) is 16.6 Å². The molecule has 0 aliphatic carbocycles. The SMILES string of the molecule is CN(CCCNC(=O)C1CCN(c2nc3ccccc3n3cccc23)CC1)Cc1ccccc1. The van der Waals surface area contributed by atoms with E-state index < -0.39 is 0 Å². The zero-order valence-corrected chi connectivity index (χ0v) is 19.9. The summed E-state index contributed by atoms with van der Waals surface area (Å²) in [5, 5.41) is 3.17. The number of hydrogen-bond acceptors (Lipinski definition) is 4. The fourth-order valence-corrected chi connectivity index (χ4v) is 4.97. The van der Waals surface area contributed by atoms with E-state index in [0.29, 0.717) is 0 Å². The maximum Gasteiger partial charge on any atom is 0.223 e. The number of benzene rings is 2. The highest BCUT2D eigenvalue weighted by atomic mass is 16.1. The molecule has 6 nitrogen and oxygen atoms in total. The Morgan fingerprint density at radius 1 is 1.00 bits per heavy atom. The van der Waals surface area contributed by atoms with Gasteiger partial charge in [-0.3, -0.25) is 4.79 Å². The van der Waals surface area contributed by atoms with Gasteiger partial charge in [-0.1, -0.05) is 42.5 Å². The summed E-state index contributed by atoms with van der Waals surface area (Å²) in [5.41, 5.74) is 4.56. The van der Waals surface area contributed by atoms with Crippen LogP contribution < -0.4 is 10.2 Å². The standard InChI is InChI=1S/C28H33N5O/c1-31(21-22-9-3-2-4-10-22)17-8-16-29-28(34)23-14-19-32(20-15-23)27-26-13-7-18-33(26)25-12-6-5-11-24(25)30-27/h2-7,9-13,18,23H,8,14-17,19-21H2,1H3,(H,29,34). The van der Waals surface area contributed by atoms with Gasteiger partial charge in [-0.15, -0.1) is 0 Å². The maximum atomic E-state index is 12.8. The van der Waals surface area contributed by atoms with Gasteiger partial charge in [0.1, 0.15) is 0 Å². The van der Waals surface area contributed by atoms with Crippen molar-refractivity contribution in [2.75, 3.05) is 38.1 Å². The van der Waals surface area contributed by atoms with Crippen molar-refractivity contribution in [2.45, 2.75) is 25.8 Å². The van der Waals surface area contributed by atoms with E-state index in [1.807, 2.05) is 12.1 Å². The number of aromatic nitrogens is 2. The molecule has 34 heavy (non-hydrogen) atoms. The molecule has 0 radical (unpaired) electrons. The first kappa shape index (κ1) is 22.4. The van der Waals surface area contributed by atoms with E-state index in [0.717, 1.165) is 74.4 Å². The topological polar surface area (TPSA) is 52.9 Å². The van der Waals surface area contributed by atoms with Gasteiger partial charge in [0.05, 0.1) is 16.6 Å². The normalized spacial score (nSPS) is 14.8. The molecule has 3 heterocycles. The highest BCUT2D eigenvalue weighted by Gasteiger charge is 2.26. The number of piperidine rings is 1. The van der Waals surface area contributed by atoms with Crippen LogP contribution >= 0.6 is 0 Å². The summed E-state index contributed by atoms with van der Waals surface area (Å²) in [6.07, 6.45) is 4.78. The minimum absolute atomic E-state index is 0.0848. The fraction of sp³-hybridized carbons (Fsp3) is 0.357. The third-order valence-corrected chi connectivity index (χ3v) is 6.82. The van der Waals surface area contributed by atoms with E-state index in [1.165, 1.54) is 5.56 Å². The quantitative estimate of drug-likeness (QED) is 0.402. The van der Waals surface area contributed by atoms with E-state index in [-0.39, 0.29) is 11.8 Å². The first-order valence-electron chi connectivity index (χ1n) is 12.3. The van der Waals surface area contributed by atoms with Crippen molar-refractivity contribution >= 4 is 28.3 Å². The van der Waals surface area contributed by atoms with Crippen molar-refractivity contribution in [2.24, 2.45) is 5.92 Å². The van der Waals surface area contributed by atoms with Crippen molar-refractivity contribution in [3.63, 3.8) is 0 Å². The highest BCUT2D eigenvalue weighted by Crippen LogP contribution is 2.29. The van der Waals surface area contributed by atoms with E-state index in [2.05, 4.69) is 87.4 Å². The van der Waals surface area contributed by atoms with Crippen molar-refractivity contribution in [1.82, 2.24) is 19.6 Å². The van der Waals surface area contributed by atoms with Gasteiger partial charge in [0.2, 0.25) is 5.91 Å². The lowest BCUT2D eigenvalue weighted by atomic mass is 9.96. The minimum Gasteiger partial charge on any atom is -0.356 e. The molecule has 0 spiro atoms. The second kappa shape index (κ2) is 10.3. The number of amides is 1. The predicted molar refractivity (Wildman–Crippen MR) is 138 cm³/mol. The molecule has 0 saturated carbocycles. The van der Waals surface area contributed by atoms with Crippen LogP contribution in [0.2, 0.25) is 0 Å². The Balaban J connectivity index is 1.11. The van der Waals surface area contributed by atoms with Gasteiger partial charge in [0.15, 0.2) is 5.82 Å². The molecular formula is C28H33N5O. The molecule has 1 aliphatic rings. The van der Waals surface area contributed by atoms with E-state index >= 15 is 0 Å². The van der Waals surface area contributed by atoms with Gasteiger partial charge in [-0.05, 0) is 62.7 Å². The second-order valence-electron chi connectivity index (χ2n) is 9.32. The van der Waals surface area contributed by atoms with Crippen LogP contribution in [0.3, 0.4) is 0 Å². The Morgan fingerprint density at radius 3 is 2.56 bits per heavy atom. The van der Waals surface area contributed by atoms with Gasteiger partial charge in [-0.25, -0.2) is 4.98 Å².